The van der Waals surface area contributed by atoms with Gasteiger partial charge >= 0.3 is 5.97 Å². The van der Waals surface area contributed by atoms with Crippen LogP contribution in [0.5, 0.6) is 0 Å². The average Bonchev–Trinajstić information content (AvgIpc) is 2.04. The molecule has 2 unspecified atom stereocenters. The molecule has 1 saturated carbocycles. The standard InChI is InChI=1S/C8H15NO2S/c1-12-6-3-2-4-8(9,5-6)7(10)11/h6H,2-5,9H2,1H3,(H,10,11). The monoisotopic (exact) mass is 189 g/mol. The van der Waals surface area contributed by atoms with E-state index in [4.69, 9.17) is 10.8 Å². The van der Waals surface area contributed by atoms with Gasteiger partial charge in [0, 0.05) is 5.25 Å². The fraction of sp³-hybridized carbons (Fsp3) is 0.875. The molecule has 0 spiro atoms. The first-order valence-corrected chi connectivity index (χ1v) is 5.42. The highest BCUT2D eigenvalue weighted by Crippen LogP contribution is 2.32. The predicted molar refractivity (Wildman–Crippen MR) is 50.3 cm³/mol. The Kier molecular flexibility index (Phi) is 3.01. The number of nitrogens with two attached hydrogens (primary N) is 1. The van der Waals surface area contributed by atoms with Crippen molar-refractivity contribution in [3.05, 3.63) is 0 Å². The minimum atomic E-state index is -0.952. The quantitative estimate of drug-likeness (QED) is 0.682. The lowest BCUT2D eigenvalue weighted by molar-refractivity contribution is -0.144. The molecule has 0 aromatic rings. The van der Waals surface area contributed by atoms with Crippen molar-refractivity contribution in [3.8, 4) is 0 Å². The Bertz CT molecular complexity index is 186. The van der Waals surface area contributed by atoms with Crippen molar-refractivity contribution >= 4 is 17.7 Å². The molecule has 1 rings (SSSR count). The molecule has 0 amide bonds. The van der Waals surface area contributed by atoms with E-state index < -0.39 is 11.5 Å². The SMILES string of the molecule is CSC1CCCC(N)(C(=O)O)C1. The minimum absolute atomic E-state index is 0.430. The van der Waals surface area contributed by atoms with Gasteiger partial charge in [-0.2, -0.15) is 11.8 Å². The van der Waals surface area contributed by atoms with Gasteiger partial charge in [-0.05, 0) is 31.9 Å². The maximum atomic E-state index is 10.8. The highest BCUT2D eigenvalue weighted by Gasteiger charge is 2.38. The fourth-order valence-electron chi connectivity index (χ4n) is 1.65. The van der Waals surface area contributed by atoms with Crippen molar-refractivity contribution in [2.75, 3.05) is 6.26 Å². The first kappa shape index (κ1) is 9.86. The topological polar surface area (TPSA) is 63.3 Å². The first-order chi connectivity index (χ1) is 5.58. The Balaban J connectivity index is 2.61. The van der Waals surface area contributed by atoms with Crippen LogP contribution < -0.4 is 5.73 Å². The highest BCUT2D eigenvalue weighted by molar-refractivity contribution is 7.99. The number of carbonyl (C=O) groups is 1. The van der Waals surface area contributed by atoms with Crippen molar-refractivity contribution in [3.63, 3.8) is 0 Å². The Morgan fingerprint density at radius 3 is 2.92 bits per heavy atom. The number of carboxylic acid groups (broad SMARTS) is 1. The van der Waals surface area contributed by atoms with Crippen LogP contribution in [0.4, 0.5) is 0 Å². The molecule has 1 fully saturated rings. The van der Waals surface area contributed by atoms with E-state index in [0.717, 1.165) is 12.8 Å². The molecule has 12 heavy (non-hydrogen) atoms. The van der Waals surface area contributed by atoms with Crippen LogP contribution in [0, 0.1) is 0 Å². The first-order valence-electron chi connectivity index (χ1n) is 4.13. The molecule has 0 saturated heterocycles. The van der Waals surface area contributed by atoms with E-state index in [1.54, 1.807) is 11.8 Å². The minimum Gasteiger partial charge on any atom is -0.480 e. The van der Waals surface area contributed by atoms with E-state index >= 15 is 0 Å². The van der Waals surface area contributed by atoms with Gasteiger partial charge in [0.05, 0.1) is 0 Å². The molecule has 1 aliphatic carbocycles. The summed E-state index contributed by atoms with van der Waals surface area (Å²) in [5.74, 6) is -0.846. The van der Waals surface area contributed by atoms with Crippen LogP contribution in [-0.4, -0.2) is 28.1 Å². The van der Waals surface area contributed by atoms with Gasteiger partial charge in [-0.15, -0.1) is 0 Å². The average molecular weight is 189 g/mol. The van der Waals surface area contributed by atoms with E-state index in [9.17, 15) is 4.79 Å². The molecule has 0 aliphatic heterocycles. The second-order valence-corrected chi connectivity index (χ2v) is 4.55. The second kappa shape index (κ2) is 3.66. The summed E-state index contributed by atoms with van der Waals surface area (Å²) in [7, 11) is 0. The molecule has 70 valence electrons. The van der Waals surface area contributed by atoms with Gasteiger partial charge in [-0.1, -0.05) is 0 Å². The lowest BCUT2D eigenvalue weighted by Crippen LogP contribution is -2.51. The molecule has 0 radical (unpaired) electrons. The Hall–Kier alpha value is -0.220. The second-order valence-electron chi connectivity index (χ2n) is 3.42. The summed E-state index contributed by atoms with van der Waals surface area (Å²) in [4.78, 5) is 10.8. The third-order valence-corrected chi connectivity index (χ3v) is 3.57. The van der Waals surface area contributed by atoms with E-state index in [1.165, 1.54) is 0 Å². The maximum absolute atomic E-state index is 10.8. The molecule has 0 bridgehead atoms. The van der Waals surface area contributed by atoms with Crippen molar-refractivity contribution in [1.82, 2.24) is 0 Å². The molecular weight excluding hydrogens is 174 g/mol. The normalized spacial score (nSPS) is 36.3. The summed E-state index contributed by atoms with van der Waals surface area (Å²) in [5, 5.41) is 9.31. The van der Waals surface area contributed by atoms with Gasteiger partial charge in [0.15, 0.2) is 0 Å². The number of thioether (sulfide) groups is 1. The molecule has 2 atom stereocenters. The van der Waals surface area contributed by atoms with E-state index in [1.807, 2.05) is 6.26 Å². The van der Waals surface area contributed by atoms with Crippen molar-refractivity contribution in [1.29, 1.82) is 0 Å². The summed E-state index contributed by atoms with van der Waals surface area (Å²) in [6.07, 6.45) is 5.29. The molecule has 0 heterocycles. The van der Waals surface area contributed by atoms with Gasteiger partial charge in [0.1, 0.15) is 5.54 Å². The molecule has 0 aromatic carbocycles. The number of hydrogen-bond donors (Lipinski definition) is 2. The molecule has 3 nitrogen and oxygen atoms in total. The van der Waals surface area contributed by atoms with Crippen LogP contribution in [0.2, 0.25) is 0 Å². The maximum Gasteiger partial charge on any atom is 0.323 e. The lowest BCUT2D eigenvalue weighted by Gasteiger charge is -2.33. The van der Waals surface area contributed by atoms with E-state index in [-0.39, 0.29) is 0 Å². The number of aliphatic carboxylic acids is 1. The summed E-state index contributed by atoms with van der Waals surface area (Å²) >= 11 is 1.72. The third-order valence-electron chi connectivity index (χ3n) is 2.50. The summed E-state index contributed by atoms with van der Waals surface area (Å²) in [5.41, 5.74) is 4.80. The predicted octanol–water partition coefficient (Wildman–Crippen LogP) is 1.07. The highest BCUT2D eigenvalue weighted by atomic mass is 32.2. The molecular formula is C8H15NO2S. The van der Waals surface area contributed by atoms with Crippen molar-refractivity contribution < 1.29 is 9.90 Å². The van der Waals surface area contributed by atoms with E-state index in [2.05, 4.69) is 0 Å². The zero-order valence-electron chi connectivity index (χ0n) is 7.25. The van der Waals surface area contributed by atoms with Crippen LogP contribution >= 0.6 is 11.8 Å². The zero-order chi connectivity index (χ0) is 9.19. The summed E-state index contributed by atoms with van der Waals surface area (Å²) < 4.78 is 0. The smallest absolute Gasteiger partial charge is 0.323 e. The summed E-state index contributed by atoms with van der Waals surface area (Å²) in [6.45, 7) is 0. The number of carboxylic acids is 1. The van der Waals surface area contributed by atoms with Crippen LogP contribution in [0.15, 0.2) is 0 Å². The third kappa shape index (κ3) is 1.93. The largest absolute Gasteiger partial charge is 0.480 e. The van der Waals surface area contributed by atoms with Crippen LogP contribution in [0.25, 0.3) is 0 Å². The number of hydrogen-bond acceptors (Lipinski definition) is 3. The van der Waals surface area contributed by atoms with Gasteiger partial charge in [-0.25, -0.2) is 0 Å². The van der Waals surface area contributed by atoms with Crippen LogP contribution in [0.3, 0.4) is 0 Å². The molecule has 0 aromatic heterocycles. The zero-order valence-corrected chi connectivity index (χ0v) is 8.06. The molecule has 1 aliphatic rings. The number of rotatable bonds is 2. The van der Waals surface area contributed by atoms with Crippen molar-refractivity contribution in [2.24, 2.45) is 5.73 Å². The van der Waals surface area contributed by atoms with Crippen LogP contribution in [0.1, 0.15) is 25.7 Å². The summed E-state index contributed by atoms with van der Waals surface area (Å²) in [6, 6.07) is 0. The molecule has 4 heteroatoms. The van der Waals surface area contributed by atoms with Gasteiger partial charge in [-0.3, -0.25) is 4.79 Å². The Morgan fingerprint density at radius 1 is 1.75 bits per heavy atom. The lowest BCUT2D eigenvalue weighted by atomic mass is 9.82. The fourth-order valence-corrected chi connectivity index (χ4v) is 2.52. The Labute approximate surface area is 76.7 Å². The van der Waals surface area contributed by atoms with Crippen molar-refractivity contribution in [2.45, 2.75) is 36.5 Å². The Morgan fingerprint density at radius 2 is 2.42 bits per heavy atom. The van der Waals surface area contributed by atoms with Gasteiger partial charge in [0.25, 0.3) is 0 Å². The van der Waals surface area contributed by atoms with Gasteiger partial charge < -0.3 is 10.8 Å². The molecule has 3 N–H and O–H groups in total. The van der Waals surface area contributed by atoms with E-state index in [0.29, 0.717) is 18.1 Å². The van der Waals surface area contributed by atoms with Crippen LogP contribution in [-0.2, 0) is 4.79 Å². The van der Waals surface area contributed by atoms with Gasteiger partial charge in [0.2, 0.25) is 0 Å².